The maximum atomic E-state index is 12.8. The number of amides is 1. The molecule has 1 aliphatic heterocycles. The second-order valence-electron chi connectivity index (χ2n) is 6.02. The van der Waals surface area contributed by atoms with E-state index in [-0.39, 0.29) is 12.5 Å². The fourth-order valence-corrected chi connectivity index (χ4v) is 3.42. The van der Waals surface area contributed by atoms with Crippen LogP contribution in [0.5, 0.6) is 5.75 Å². The molecule has 1 saturated carbocycles. The predicted molar refractivity (Wildman–Crippen MR) is 96.0 cm³/mol. The van der Waals surface area contributed by atoms with E-state index in [2.05, 4.69) is 0 Å². The first-order valence-corrected chi connectivity index (χ1v) is 8.84. The number of carboxylic acid groups (broad SMARTS) is 1. The van der Waals surface area contributed by atoms with Crippen molar-refractivity contribution >= 4 is 17.6 Å². The van der Waals surface area contributed by atoms with Crippen LogP contribution in [0.3, 0.4) is 0 Å². The lowest BCUT2D eigenvalue weighted by atomic mass is 9.88. The first-order valence-electron chi connectivity index (χ1n) is 8.84. The molecule has 1 N–H and O–H groups in total. The molecule has 1 amide bonds. The van der Waals surface area contributed by atoms with Gasteiger partial charge in [-0.3, -0.25) is 14.6 Å². The Balaban J connectivity index is 0.00000109. The predicted octanol–water partition coefficient (Wildman–Crippen LogP) is 3.10. The quantitative estimate of drug-likeness (QED) is 0.908. The number of rotatable bonds is 4. The lowest BCUT2D eigenvalue weighted by Crippen LogP contribution is -2.50. The summed E-state index contributed by atoms with van der Waals surface area (Å²) in [7, 11) is 1.58. The molecular formula is C19H26N2O4. The number of methoxy groups -OCH3 is 1. The van der Waals surface area contributed by atoms with Gasteiger partial charge in [0.1, 0.15) is 23.7 Å². The number of ether oxygens (including phenoxy) is 1. The molecule has 25 heavy (non-hydrogen) atoms. The molecule has 1 spiro atoms. The highest BCUT2D eigenvalue weighted by atomic mass is 16.5. The Hall–Kier alpha value is -2.37. The van der Waals surface area contributed by atoms with Gasteiger partial charge in [-0.1, -0.05) is 20.3 Å². The van der Waals surface area contributed by atoms with Gasteiger partial charge in [0.25, 0.3) is 5.91 Å². The van der Waals surface area contributed by atoms with Crippen molar-refractivity contribution in [2.45, 2.75) is 51.6 Å². The van der Waals surface area contributed by atoms with Crippen LogP contribution < -0.4 is 4.74 Å². The molecule has 1 fully saturated rings. The van der Waals surface area contributed by atoms with E-state index in [0.29, 0.717) is 17.0 Å². The highest BCUT2D eigenvalue weighted by Gasteiger charge is 2.48. The Labute approximate surface area is 148 Å². The highest BCUT2D eigenvalue weighted by Crippen LogP contribution is 2.39. The Bertz CT molecular complexity index is 646. The third kappa shape index (κ3) is 3.83. The summed E-state index contributed by atoms with van der Waals surface area (Å²) in [6, 6.07) is 7.13. The van der Waals surface area contributed by atoms with Crippen LogP contribution in [0, 0.1) is 0 Å². The molecule has 0 saturated heterocycles. The van der Waals surface area contributed by atoms with Gasteiger partial charge in [-0.2, -0.15) is 0 Å². The number of carboxylic acids is 1. The van der Waals surface area contributed by atoms with Gasteiger partial charge < -0.3 is 14.7 Å². The second-order valence-corrected chi connectivity index (χ2v) is 6.02. The van der Waals surface area contributed by atoms with Crippen LogP contribution in [0.15, 0.2) is 29.3 Å². The molecule has 6 heteroatoms. The van der Waals surface area contributed by atoms with Gasteiger partial charge in [0, 0.05) is 5.56 Å². The molecule has 0 radical (unpaired) electrons. The third-order valence-corrected chi connectivity index (χ3v) is 4.58. The molecular weight excluding hydrogens is 320 g/mol. The Morgan fingerprint density at radius 1 is 1.20 bits per heavy atom. The summed E-state index contributed by atoms with van der Waals surface area (Å²) in [6.45, 7) is 3.70. The Morgan fingerprint density at radius 3 is 2.32 bits per heavy atom. The van der Waals surface area contributed by atoms with Crippen LogP contribution in [-0.2, 0) is 9.59 Å². The summed E-state index contributed by atoms with van der Waals surface area (Å²) in [5.41, 5.74) is 0.382. The summed E-state index contributed by atoms with van der Waals surface area (Å²) < 4.78 is 5.13. The number of aliphatic carboxylic acids is 1. The fourth-order valence-electron chi connectivity index (χ4n) is 3.42. The Morgan fingerprint density at radius 2 is 1.80 bits per heavy atom. The zero-order valence-electron chi connectivity index (χ0n) is 15.1. The van der Waals surface area contributed by atoms with E-state index in [1.54, 1.807) is 31.4 Å². The van der Waals surface area contributed by atoms with Crippen molar-refractivity contribution in [3.63, 3.8) is 0 Å². The van der Waals surface area contributed by atoms with E-state index in [1.165, 1.54) is 4.90 Å². The summed E-state index contributed by atoms with van der Waals surface area (Å²) in [6.07, 6.45) is 4.48. The first-order chi connectivity index (χ1) is 12.1. The normalized spacial score (nSPS) is 18.4. The zero-order valence-corrected chi connectivity index (χ0v) is 15.1. The van der Waals surface area contributed by atoms with Crippen molar-refractivity contribution in [3.8, 4) is 5.75 Å². The number of benzene rings is 1. The summed E-state index contributed by atoms with van der Waals surface area (Å²) in [5.74, 6) is -0.594. The molecule has 2 aliphatic rings. The topological polar surface area (TPSA) is 79.2 Å². The molecule has 1 aromatic carbocycles. The van der Waals surface area contributed by atoms with Crippen LogP contribution in [0.25, 0.3) is 0 Å². The van der Waals surface area contributed by atoms with Gasteiger partial charge in [0.2, 0.25) is 0 Å². The van der Waals surface area contributed by atoms with Crippen molar-refractivity contribution < 1.29 is 19.4 Å². The van der Waals surface area contributed by atoms with Crippen LogP contribution in [0.2, 0.25) is 0 Å². The van der Waals surface area contributed by atoms with Crippen molar-refractivity contribution in [1.82, 2.24) is 4.90 Å². The molecule has 6 nitrogen and oxygen atoms in total. The lowest BCUT2D eigenvalue weighted by molar-refractivity contribution is -0.145. The molecule has 3 rings (SSSR count). The fraction of sp³-hybridized carbons (Fsp3) is 0.526. The van der Waals surface area contributed by atoms with Gasteiger partial charge in [-0.15, -0.1) is 0 Å². The standard InChI is InChI=1S/C17H20N2O4.C2H6/c1-23-13-7-5-12(6-8-13)15-16(22)19(11-14(20)21)17(18-15)9-3-2-4-10-17;1-2/h5-8H,2-4,9-11H2,1H3,(H,20,21);1-2H3. The third-order valence-electron chi connectivity index (χ3n) is 4.58. The van der Waals surface area contributed by atoms with Gasteiger partial charge in [0.15, 0.2) is 0 Å². The van der Waals surface area contributed by atoms with E-state index < -0.39 is 11.6 Å². The number of hydrogen-bond acceptors (Lipinski definition) is 4. The smallest absolute Gasteiger partial charge is 0.323 e. The molecule has 0 aromatic heterocycles. The summed E-state index contributed by atoms with van der Waals surface area (Å²) >= 11 is 0. The van der Waals surface area contributed by atoms with Gasteiger partial charge >= 0.3 is 5.97 Å². The van der Waals surface area contributed by atoms with Crippen LogP contribution in [0.4, 0.5) is 0 Å². The maximum absolute atomic E-state index is 12.8. The largest absolute Gasteiger partial charge is 0.497 e. The van der Waals surface area contributed by atoms with E-state index in [9.17, 15) is 9.59 Å². The number of aliphatic imine (C=N–C) groups is 1. The minimum Gasteiger partial charge on any atom is -0.497 e. The van der Waals surface area contributed by atoms with Gasteiger partial charge in [0.05, 0.1) is 7.11 Å². The molecule has 1 heterocycles. The number of hydrogen-bond donors (Lipinski definition) is 1. The minimum atomic E-state index is -1.01. The molecule has 0 bridgehead atoms. The van der Waals surface area contributed by atoms with E-state index in [4.69, 9.17) is 14.8 Å². The average Bonchev–Trinajstić information content (AvgIpc) is 2.90. The monoisotopic (exact) mass is 346 g/mol. The molecule has 1 aliphatic carbocycles. The SMILES string of the molecule is CC.COc1ccc(C2=NC3(CCCCC3)N(CC(=O)O)C2=O)cc1. The molecule has 0 unspecified atom stereocenters. The molecule has 136 valence electrons. The van der Waals surface area contributed by atoms with Crippen molar-refractivity contribution in [3.05, 3.63) is 29.8 Å². The Kier molecular flexibility index (Phi) is 6.17. The number of carbonyl (C=O) groups is 2. The number of nitrogens with zero attached hydrogens (tertiary/aromatic N) is 2. The van der Waals surface area contributed by atoms with Crippen LogP contribution in [0.1, 0.15) is 51.5 Å². The van der Waals surface area contributed by atoms with Crippen molar-refractivity contribution in [2.24, 2.45) is 4.99 Å². The van der Waals surface area contributed by atoms with Gasteiger partial charge in [-0.25, -0.2) is 0 Å². The number of carbonyl (C=O) groups excluding carboxylic acids is 1. The van der Waals surface area contributed by atoms with Crippen LogP contribution >= 0.6 is 0 Å². The summed E-state index contributed by atoms with van der Waals surface area (Å²) in [4.78, 5) is 30.1. The average molecular weight is 346 g/mol. The lowest BCUT2D eigenvalue weighted by Gasteiger charge is -2.38. The first kappa shape index (κ1) is 19.0. The maximum Gasteiger partial charge on any atom is 0.323 e. The second kappa shape index (κ2) is 8.14. The van der Waals surface area contributed by atoms with E-state index in [1.807, 2.05) is 13.8 Å². The highest BCUT2D eigenvalue weighted by molar-refractivity contribution is 6.47. The van der Waals surface area contributed by atoms with Crippen LogP contribution in [-0.4, -0.2) is 46.9 Å². The van der Waals surface area contributed by atoms with E-state index in [0.717, 1.165) is 32.1 Å². The van der Waals surface area contributed by atoms with Gasteiger partial charge in [-0.05, 0) is 49.9 Å². The van der Waals surface area contributed by atoms with E-state index >= 15 is 0 Å². The molecule has 0 atom stereocenters. The minimum absolute atomic E-state index is 0.292. The van der Waals surface area contributed by atoms with Crippen molar-refractivity contribution in [2.75, 3.05) is 13.7 Å². The van der Waals surface area contributed by atoms with Crippen molar-refractivity contribution in [1.29, 1.82) is 0 Å². The summed E-state index contributed by atoms with van der Waals surface area (Å²) in [5, 5.41) is 9.17. The molecule has 1 aromatic rings. The zero-order chi connectivity index (χ0) is 18.4.